The number of aryl methyl sites for hydroxylation is 10. The van der Waals surface area contributed by atoms with Crippen molar-refractivity contribution in [2.24, 2.45) is 0 Å². The van der Waals surface area contributed by atoms with Gasteiger partial charge in [0.2, 0.25) is 0 Å². The van der Waals surface area contributed by atoms with Crippen LogP contribution in [-0.4, -0.2) is 101 Å². The Morgan fingerprint density at radius 1 is 0.344 bits per heavy atom. The summed E-state index contributed by atoms with van der Waals surface area (Å²) >= 11 is 0. The summed E-state index contributed by atoms with van der Waals surface area (Å²) in [6.07, 6.45) is 0.672. The molecule has 0 saturated heterocycles. The van der Waals surface area contributed by atoms with E-state index in [0.29, 0.717) is 52.1 Å². The summed E-state index contributed by atoms with van der Waals surface area (Å²) in [4.78, 5) is 14.3. The molecule has 14 nitrogen and oxygen atoms in total. The first-order chi connectivity index (χ1) is 45.4. The molecule has 0 aromatic heterocycles. The van der Waals surface area contributed by atoms with E-state index in [0.717, 1.165) is 73.4 Å². The molecule has 16 heteroatoms. The molecule has 12 rings (SSSR count). The lowest BCUT2D eigenvalue weighted by atomic mass is 9.91. The fraction of sp³-hybridized carbons (Fsp3) is 0.400. The van der Waals surface area contributed by atoms with Gasteiger partial charge in [0.15, 0.2) is 0 Å². The molecule has 8 aromatic carbocycles. The maximum Gasteiger partial charge on any atom is 0.264 e. The van der Waals surface area contributed by atoms with Gasteiger partial charge in [-0.25, -0.2) is 0 Å². The third-order valence-corrected chi connectivity index (χ3v) is 22.2. The van der Waals surface area contributed by atoms with Gasteiger partial charge >= 0.3 is 0 Å². The second kappa shape index (κ2) is 28.0. The molecule has 0 atom stereocenters. The summed E-state index contributed by atoms with van der Waals surface area (Å²) in [7, 11) is -3.77. The van der Waals surface area contributed by atoms with Gasteiger partial charge in [-0.2, -0.15) is 16.8 Å². The van der Waals surface area contributed by atoms with Crippen LogP contribution < -0.4 is 30.2 Å². The summed E-state index contributed by atoms with van der Waals surface area (Å²) in [5, 5.41) is 7.62. The largest absolute Gasteiger partial charge is 0.380 e. The molecule has 0 radical (unpaired) electrons. The van der Waals surface area contributed by atoms with Crippen LogP contribution in [0.15, 0.2) is 97.1 Å². The minimum atomic E-state index is -4.06. The first-order valence-corrected chi connectivity index (χ1v) is 37.4. The molecule has 0 aliphatic carbocycles. The van der Waals surface area contributed by atoms with E-state index < -0.39 is 20.2 Å². The van der Waals surface area contributed by atoms with Crippen LogP contribution in [0.2, 0.25) is 0 Å². The predicted molar refractivity (Wildman–Crippen MR) is 402 cm³/mol. The first kappa shape index (κ1) is 69.6. The monoisotopic (exact) mass is 1330 g/mol. The van der Waals surface area contributed by atoms with Gasteiger partial charge in [0.25, 0.3) is 20.2 Å². The SMILES string of the molecule is CCN1CN(C)Cc2cc(-c3cc(C)c4c(c3)CN(CCCS(=O)(=O)O)c3c(C)cc(-c5cc(C)c(C)c(C)c5)cc3CN4)cc(C)c21.CCN1CN(C)Cc2cc(-c3cc(C)c4c(c3)CN(CCCS(=O)(=O)O)c3c(C)cc(-c5cc(C)c(C)c(C)c5)cc3CN4)cc(C)c21. The third-order valence-electron chi connectivity index (χ3n) is 20.6. The molecule has 4 N–H and O–H groups in total. The lowest BCUT2D eigenvalue weighted by Gasteiger charge is -2.37. The molecule has 508 valence electrons. The third kappa shape index (κ3) is 15.0. The standard InChI is InChI=1S/2C40H50N4O3S/c2*1-9-43-24-42(8)22-37-20-34(17-29(6)40(37)43)32-15-27(4)38-36(19-32)23-44(11-10-12-48(45,46)47)39-28(5)16-33(18-35(39)21-41-38)31-13-25(2)30(7)26(3)14-31/h2*13-20,41H,9-12,21-24H2,1-8H3,(H,45,46,47). The van der Waals surface area contributed by atoms with Gasteiger partial charge in [0, 0.05) is 99.6 Å². The van der Waals surface area contributed by atoms with Gasteiger partial charge in [-0.3, -0.25) is 18.9 Å². The summed E-state index contributed by atoms with van der Waals surface area (Å²) in [5.74, 6) is -0.528. The number of nitrogens with zero attached hydrogens (tertiary/aromatic N) is 6. The average Bonchev–Trinajstić information content (AvgIpc) is 0.780. The molecule has 0 unspecified atom stereocenters. The van der Waals surface area contributed by atoms with Crippen LogP contribution in [-0.2, 0) is 59.5 Å². The summed E-state index contributed by atoms with van der Waals surface area (Å²) in [6.45, 7) is 39.8. The molecule has 4 heterocycles. The van der Waals surface area contributed by atoms with Gasteiger partial charge in [-0.1, -0.05) is 24.3 Å². The number of hydrogen-bond donors (Lipinski definition) is 4. The van der Waals surface area contributed by atoms with Crippen LogP contribution in [0, 0.1) is 83.1 Å². The highest BCUT2D eigenvalue weighted by atomic mass is 32.2. The van der Waals surface area contributed by atoms with E-state index >= 15 is 0 Å². The number of hydrogen-bond acceptors (Lipinski definition) is 12. The molecule has 0 spiro atoms. The zero-order valence-corrected chi connectivity index (χ0v) is 61.2. The molecular weight excluding hydrogens is 1230 g/mol. The Morgan fingerprint density at radius 2 is 0.604 bits per heavy atom. The maximum absolute atomic E-state index is 11.7. The van der Waals surface area contributed by atoms with Gasteiger partial charge in [-0.05, 0) is 341 Å². The van der Waals surface area contributed by atoms with Crippen LogP contribution in [0.4, 0.5) is 34.1 Å². The number of rotatable bonds is 14. The fourth-order valence-electron chi connectivity index (χ4n) is 15.7. The van der Waals surface area contributed by atoms with Crippen LogP contribution in [0.5, 0.6) is 0 Å². The Labute approximate surface area is 572 Å². The van der Waals surface area contributed by atoms with Crippen LogP contribution >= 0.6 is 0 Å². The second-order valence-electron chi connectivity index (χ2n) is 28.2. The number of anilines is 6. The van der Waals surface area contributed by atoms with E-state index in [9.17, 15) is 25.9 Å². The fourth-order valence-corrected chi connectivity index (χ4v) is 16.7. The minimum absolute atomic E-state index is 0.264. The highest BCUT2D eigenvalue weighted by Crippen LogP contribution is 2.44. The van der Waals surface area contributed by atoms with Gasteiger partial charge in [0.05, 0.1) is 24.8 Å². The van der Waals surface area contributed by atoms with Crippen molar-refractivity contribution in [3.63, 3.8) is 0 Å². The molecule has 0 amide bonds. The van der Waals surface area contributed by atoms with Crippen molar-refractivity contribution < 1.29 is 25.9 Å². The van der Waals surface area contributed by atoms with Crippen molar-refractivity contribution in [3.8, 4) is 44.5 Å². The van der Waals surface area contributed by atoms with Gasteiger partial charge < -0.3 is 30.2 Å². The Morgan fingerprint density at radius 3 is 0.906 bits per heavy atom. The Hall–Kier alpha value is -7.70. The summed E-state index contributed by atoms with van der Waals surface area (Å²) in [5.41, 5.74) is 39.3. The highest BCUT2D eigenvalue weighted by Gasteiger charge is 2.29. The lowest BCUT2D eigenvalue weighted by Crippen LogP contribution is -2.40. The van der Waals surface area contributed by atoms with Gasteiger partial charge in [-0.15, -0.1) is 0 Å². The summed E-state index contributed by atoms with van der Waals surface area (Å²) < 4.78 is 66.1. The predicted octanol–water partition coefficient (Wildman–Crippen LogP) is 16.6. The van der Waals surface area contributed by atoms with E-state index in [1.807, 2.05) is 0 Å². The molecule has 8 aromatic rings. The number of nitrogens with one attached hydrogen (secondary N) is 2. The van der Waals surface area contributed by atoms with Crippen LogP contribution in [0.3, 0.4) is 0 Å². The molecule has 0 fully saturated rings. The number of fused-ring (bicyclic) bond motifs is 6. The Balaban J connectivity index is 0.000000195. The maximum atomic E-state index is 11.7. The highest BCUT2D eigenvalue weighted by molar-refractivity contribution is 7.86. The minimum Gasteiger partial charge on any atom is -0.380 e. The van der Waals surface area contributed by atoms with E-state index in [2.05, 4.69) is 248 Å². The van der Waals surface area contributed by atoms with Crippen molar-refractivity contribution in [3.05, 3.63) is 197 Å². The Bertz CT molecular complexity index is 4250. The second-order valence-corrected chi connectivity index (χ2v) is 31.3. The van der Waals surface area contributed by atoms with E-state index in [1.54, 1.807) is 0 Å². The normalized spacial score (nSPS) is 14.9. The van der Waals surface area contributed by atoms with E-state index in [1.165, 1.54) is 145 Å². The Kier molecular flexibility index (Phi) is 20.3. The van der Waals surface area contributed by atoms with Crippen molar-refractivity contribution in [1.82, 2.24) is 9.80 Å². The first-order valence-electron chi connectivity index (χ1n) is 34.2. The summed E-state index contributed by atoms with van der Waals surface area (Å²) in [6, 6.07) is 36.7. The number of benzene rings is 8. The van der Waals surface area contributed by atoms with E-state index in [-0.39, 0.29) is 11.5 Å². The van der Waals surface area contributed by atoms with Crippen LogP contribution in [0.25, 0.3) is 44.5 Å². The lowest BCUT2D eigenvalue weighted by molar-refractivity contribution is 0.310. The zero-order chi connectivity index (χ0) is 69.0. The van der Waals surface area contributed by atoms with Crippen molar-refractivity contribution >= 4 is 54.4 Å². The molecule has 96 heavy (non-hydrogen) atoms. The van der Waals surface area contributed by atoms with Gasteiger partial charge in [0.1, 0.15) is 0 Å². The van der Waals surface area contributed by atoms with Crippen LogP contribution in [0.1, 0.15) is 127 Å². The average molecular weight is 1330 g/mol. The topological polar surface area (TPSA) is 152 Å². The quantitative estimate of drug-likeness (QED) is 0.0764. The molecule has 0 bridgehead atoms. The molecule has 4 aliphatic rings. The van der Waals surface area contributed by atoms with Crippen molar-refractivity contribution in [2.45, 2.75) is 149 Å². The van der Waals surface area contributed by atoms with Crippen molar-refractivity contribution in [1.29, 1.82) is 0 Å². The molecule has 4 aliphatic heterocycles. The smallest absolute Gasteiger partial charge is 0.264 e. The molecule has 0 saturated carbocycles. The van der Waals surface area contributed by atoms with E-state index in [4.69, 9.17) is 0 Å². The van der Waals surface area contributed by atoms with Crippen molar-refractivity contribution in [2.75, 3.05) is 95.4 Å². The molecular formula is C80H100N8O6S2. The zero-order valence-electron chi connectivity index (χ0n) is 59.6.